The Morgan fingerprint density at radius 2 is 1.13 bits per heavy atom. The second-order valence-electron chi connectivity index (χ2n) is 20.2. The van der Waals surface area contributed by atoms with Crippen molar-refractivity contribution in [2.45, 2.75) is 58.8 Å². The van der Waals surface area contributed by atoms with E-state index >= 15 is 0 Å². The van der Waals surface area contributed by atoms with Gasteiger partial charge in [0.25, 0.3) is 6.33 Å². The number of fused-ring (bicyclic) bond motifs is 4. The molecule has 0 N–H and O–H groups in total. The van der Waals surface area contributed by atoms with Crippen molar-refractivity contribution in [2.75, 3.05) is 0 Å². The van der Waals surface area contributed by atoms with Crippen molar-refractivity contribution in [2.24, 2.45) is 0 Å². The molecule has 0 atom stereocenters. The molecular weight excluding hydrogens is 1100 g/mol. The Morgan fingerprint density at radius 3 is 1.80 bits per heavy atom. The molecule has 6 heteroatoms. The summed E-state index contributed by atoms with van der Waals surface area (Å²) in [6, 6.07) is 82.5. The van der Waals surface area contributed by atoms with Crippen LogP contribution in [-0.2, 0) is 26.5 Å². The van der Waals surface area contributed by atoms with Crippen molar-refractivity contribution in [3.8, 4) is 73.2 Å². The maximum absolute atomic E-state index is 6.81. The van der Waals surface area contributed by atoms with Crippen LogP contribution in [0.4, 0.5) is 0 Å². The van der Waals surface area contributed by atoms with Gasteiger partial charge in [0.15, 0.2) is 0 Å². The number of pyridine rings is 1. The van der Waals surface area contributed by atoms with Gasteiger partial charge in [-0.15, -0.1) is 29.7 Å². The predicted octanol–water partition coefficient (Wildman–Crippen LogP) is 17.5. The number of hydrogen-bond acceptors (Lipinski definition) is 2. The average molecular weight is 1150 g/mol. The van der Waals surface area contributed by atoms with E-state index in [1.165, 1.54) is 27.8 Å². The van der Waals surface area contributed by atoms with E-state index in [9.17, 15) is 0 Å². The third-order valence-electron chi connectivity index (χ3n) is 14.6. The maximum Gasteiger partial charge on any atom is 0.268 e. The molecule has 5 nitrogen and oxygen atoms in total. The van der Waals surface area contributed by atoms with Crippen molar-refractivity contribution in [3.05, 3.63) is 248 Å². The summed E-state index contributed by atoms with van der Waals surface area (Å²) in [5, 5.41) is 2.19. The van der Waals surface area contributed by atoms with Gasteiger partial charge in [-0.2, -0.15) is 18.2 Å². The van der Waals surface area contributed by atoms with Crippen molar-refractivity contribution >= 4 is 32.8 Å². The molecule has 0 saturated heterocycles. The Hall–Kier alpha value is -8.11. The van der Waals surface area contributed by atoms with Gasteiger partial charge in [-0.25, -0.2) is 4.98 Å². The number of rotatable bonds is 12. The molecule has 12 rings (SSSR count). The molecule has 0 radical (unpaired) electrons. The summed E-state index contributed by atoms with van der Waals surface area (Å²) in [6.45, 7) is 11.4. The zero-order chi connectivity index (χ0) is 50.3. The smallest absolute Gasteiger partial charge is 0.268 e. The van der Waals surface area contributed by atoms with Crippen molar-refractivity contribution in [1.82, 2.24) is 14.1 Å². The van der Waals surface area contributed by atoms with Gasteiger partial charge < -0.3 is 13.9 Å². The zero-order valence-electron chi connectivity index (χ0n) is 42.8. The third-order valence-corrected chi connectivity index (χ3v) is 14.6. The monoisotopic (exact) mass is 1150 g/mol. The number of para-hydroxylation sites is 3. The van der Waals surface area contributed by atoms with E-state index in [2.05, 4.69) is 267 Å². The molecule has 3 heterocycles. The first-order valence-electron chi connectivity index (χ1n) is 25.8. The van der Waals surface area contributed by atoms with Gasteiger partial charge in [-0.3, -0.25) is 4.57 Å². The average Bonchev–Trinajstić information content (AvgIpc) is 3.99. The van der Waals surface area contributed by atoms with Crippen LogP contribution in [0.15, 0.2) is 219 Å². The first-order valence-corrected chi connectivity index (χ1v) is 25.8. The Kier molecular flexibility index (Phi) is 13.5. The van der Waals surface area contributed by atoms with Gasteiger partial charge in [0.2, 0.25) is 0 Å². The van der Waals surface area contributed by atoms with Crippen LogP contribution in [0.2, 0.25) is 0 Å². The normalized spacial score (nSPS) is 11.7. The van der Waals surface area contributed by atoms with Crippen LogP contribution in [0.5, 0.6) is 11.5 Å². The van der Waals surface area contributed by atoms with E-state index in [0.717, 1.165) is 90.7 Å². The first-order chi connectivity index (χ1) is 36.2. The Balaban J connectivity index is 0.00000602. The number of ether oxygens (including phenoxy) is 1. The molecule has 0 bridgehead atoms. The molecule has 0 fully saturated rings. The van der Waals surface area contributed by atoms with E-state index in [-0.39, 0.29) is 26.5 Å². The third kappa shape index (κ3) is 9.32. The van der Waals surface area contributed by atoms with E-state index in [1.54, 1.807) is 0 Å². The van der Waals surface area contributed by atoms with Crippen LogP contribution in [0.3, 0.4) is 0 Å². The van der Waals surface area contributed by atoms with Gasteiger partial charge >= 0.3 is 0 Å². The first kappa shape index (κ1) is 49.1. The minimum atomic E-state index is 0. The molecule has 0 spiro atoms. The van der Waals surface area contributed by atoms with E-state index in [4.69, 9.17) is 9.72 Å². The van der Waals surface area contributed by atoms with Crippen molar-refractivity contribution in [1.29, 1.82) is 0 Å². The maximum atomic E-state index is 6.81. The second kappa shape index (κ2) is 20.7. The number of imidazole rings is 1. The fourth-order valence-corrected chi connectivity index (χ4v) is 10.7. The van der Waals surface area contributed by atoms with Gasteiger partial charge in [-0.1, -0.05) is 210 Å². The summed E-state index contributed by atoms with van der Waals surface area (Å²) in [6.07, 6.45) is 7.91. The molecule has 12 aromatic rings. The minimum absolute atomic E-state index is 0. The molecule has 75 heavy (non-hydrogen) atoms. The Labute approximate surface area is 454 Å². The summed E-state index contributed by atoms with van der Waals surface area (Å²) < 4.78 is 13.4. The fourth-order valence-electron chi connectivity index (χ4n) is 10.7. The Morgan fingerprint density at radius 1 is 0.533 bits per heavy atom. The number of benzene rings is 9. The van der Waals surface area contributed by atoms with Crippen LogP contribution < -0.4 is 9.30 Å². The van der Waals surface area contributed by atoms with Crippen LogP contribution in [-0.4, -0.2) is 14.1 Å². The molecule has 0 saturated carbocycles. The minimum Gasteiger partial charge on any atom is -0.510 e. The van der Waals surface area contributed by atoms with E-state index in [0.29, 0.717) is 17.4 Å². The molecule has 9 aromatic carbocycles. The van der Waals surface area contributed by atoms with Gasteiger partial charge in [0.05, 0.1) is 16.7 Å². The molecule has 0 aliphatic heterocycles. The summed E-state index contributed by atoms with van der Waals surface area (Å²) >= 11 is 0. The molecule has 0 unspecified atom stereocenters. The van der Waals surface area contributed by atoms with Crippen molar-refractivity contribution in [3.63, 3.8) is 0 Å². The SMILES string of the molecule is CCC(CC)c1cc(-n2c3[c-]c(Oc4[c-]c(-n5[c-][n+](-c6c(-c7ccccc7)cccc6-c6ccccc6)c6ccccc65)ccc4)ccc3c3cc(-c4ccccc4)ccc32)ncc1-c1ccc(C(C)(C)C)cc1.[Pt]. The number of aromatic nitrogens is 4. The van der Waals surface area contributed by atoms with Crippen LogP contribution in [0.1, 0.15) is 64.5 Å². The predicted molar refractivity (Wildman–Crippen MR) is 304 cm³/mol. The quantitative estimate of drug-likeness (QED) is 0.0903. The molecular formula is C69H56N4OPt-2. The number of nitrogens with zero attached hydrogens (tertiary/aromatic N) is 4. The second-order valence-corrected chi connectivity index (χ2v) is 20.2. The summed E-state index contributed by atoms with van der Waals surface area (Å²) in [5.74, 6) is 2.35. The number of hydrogen-bond donors (Lipinski definition) is 0. The molecule has 3 aromatic heterocycles. The molecule has 370 valence electrons. The van der Waals surface area contributed by atoms with Crippen LogP contribution in [0.25, 0.3) is 94.5 Å². The van der Waals surface area contributed by atoms with Crippen LogP contribution in [0, 0.1) is 18.5 Å². The fraction of sp³-hybridized carbons (Fsp3) is 0.130. The van der Waals surface area contributed by atoms with Gasteiger partial charge in [-0.05, 0) is 97.5 Å². The largest absolute Gasteiger partial charge is 0.510 e. The van der Waals surface area contributed by atoms with E-state index in [1.807, 2.05) is 18.2 Å². The summed E-state index contributed by atoms with van der Waals surface area (Å²) in [5.41, 5.74) is 17.6. The van der Waals surface area contributed by atoms with Crippen LogP contribution >= 0.6 is 0 Å². The topological polar surface area (TPSA) is 35.9 Å². The molecule has 0 aliphatic rings. The van der Waals surface area contributed by atoms with Gasteiger partial charge in [0, 0.05) is 49.8 Å². The van der Waals surface area contributed by atoms with Crippen molar-refractivity contribution < 1.29 is 30.4 Å². The zero-order valence-corrected chi connectivity index (χ0v) is 45.1. The molecule has 0 aliphatic carbocycles. The summed E-state index contributed by atoms with van der Waals surface area (Å²) in [7, 11) is 0. The molecule has 0 amide bonds. The van der Waals surface area contributed by atoms with Gasteiger partial charge in [0.1, 0.15) is 5.82 Å². The summed E-state index contributed by atoms with van der Waals surface area (Å²) in [4.78, 5) is 5.30. The standard InChI is InChI=1S/C69H56N4O.Pt/c1-6-47(7-2)60-44-67(70-45-62(60)51-33-36-53(37-34-51)69(3,4)5)73-63-40-35-52(48-21-11-8-12-22-48)41-61(63)59-39-38-56(43-66(59)73)74-55-28-19-27-54(42-55)71-46-72(65-32-18-17-31-64(65)71)68-57(49-23-13-9-14-24-49)29-20-30-58(68)50-25-15-10-16-26-50;/h8-41,44-45,47H,6-7H2,1-5H3;/q-2;. The Bertz CT molecular complexity index is 3920. The van der Waals surface area contributed by atoms with E-state index < -0.39 is 0 Å².